The van der Waals surface area contributed by atoms with Crippen LogP contribution in [0.25, 0.3) is 22.1 Å². The summed E-state index contributed by atoms with van der Waals surface area (Å²) in [5, 5.41) is 0.315. The Kier molecular flexibility index (Phi) is 4.69. The normalized spacial score (nSPS) is 11.2. The smallest absolute Gasteiger partial charge is 0.269 e. The highest BCUT2D eigenvalue weighted by molar-refractivity contribution is 5.88. The molecular weight excluding hydrogens is 356 g/mol. The predicted molar refractivity (Wildman–Crippen MR) is 108 cm³/mol. The van der Waals surface area contributed by atoms with Gasteiger partial charge in [0.2, 0.25) is 11.1 Å². The molecule has 2 heterocycles. The monoisotopic (exact) mass is 376 g/mol. The van der Waals surface area contributed by atoms with Crippen molar-refractivity contribution >= 4 is 22.1 Å². The molecule has 0 fully saturated rings. The molecule has 4 aromatic rings. The lowest BCUT2D eigenvalue weighted by Gasteiger charge is -2.13. The summed E-state index contributed by atoms with van der Waals surface area (Å²) < 4.78 is 12.6. The van der Waals surface area contributed by atoms with Crippen LogP contribution in [0.1, 0.15) is 24.7 Å². The molecule has 0 aliphatic rings. The van der Waals surface area contributed by atoms with Crippen molar-refractivity contribution in [3.05, 3.63) is 80.5 Å². The average Bonchev–Trinajstić information content (AvgIpc) is 2.71. The lowest BCUT2D eigenvalue weighted by molar-refractivity contribution is 0.414. The summed E-state index contributed by atoms with van der Waals surface area (Å²) in [6.45, 7) is 2.38. The number of aromatic nitrogens is 2. The molecule has 0 aliphatic heterocycles. The van der Waals surface area contributed by atoms with Crippen molar-refractivity contribution in [3.8, 4) is 5.75 Å². The van der Waals surface area contributed by atoms with E-state index in [0.717, 1.165) is 12.0 Å². The molecule has 0 bridgehead atoms. The lowest BCUT2D eigenvalue weighted by atomic mass is 10.1. The maximum atomic E-state index is 13.3. The van der Waals surface area contributed by atoms with Crippen molar-refractivity contribution in [2.75, 3.05) is 7.11 Å². The topological polar surface area (TPSA) is 74.3 Å². The van der Waals surface area contributed by atoms with E-state index in [4.69, 9.17) is 9.15 Å². The van der Waals surface area contributed by atoms with E-state index in [1.165, 1.54) is 0 Å². The van der Waals surface area contributed by atoms with E-state index in [9.17, 15) is 9.59 Å². The molecule has 0 radical (unpaired) electrons. The van der Waals surface area contributed by atoms with Crippen LogP contribution in [0.3, 0.4) is 0 Å². The molecule has 0 unspecified atom stereocenters. The zero-order valence-corrected chi connectivity index (χ0v) is 15.8. The number of hydrogen-bond donors (Lipinski definition) is 0. The van der Waals surface area contributed by atoms with Gasteiger partial charge in [0, 0.05) is 12.5 Å². The predicted octanol–water partition coefficient (Wildman–Crippen LogP) is 3.51. The Bertz CT molecular complexity index is 1270. The summed E-state index contributed by atoms with van der Waals surface area (Å²) in [6.07, 6.45) is 1.43. The molecule has 0 saturated carbocycles. The summed E-state index contributed by atoms with van der Waals surface area (Å²) in [4.78, 5) is 30.8. The fourth-order valence-corrected chi connectivity index (χ4v) is 3.33. The first-order valence-electron chi connectivity index (χ1n) is 9.20. The molecule has 0 atom stereocenters. The highest BCUT2D eigenvalue weighted by Crippen LogP contribution is 2.21. The second-order valence-electron chi connectivity index (χ2n) is 6.63. The van der Waals surface area contributed by atoms with Gasteiger partial charge in [-0.15, -0.1) is 0 Å². The maximum absolute atomic E-state index is 13.3. The van der Waals surface area contributed by atoms with Crippen LogP contribution in [-0.2, 0) is 13.0 Å². The SMILES string of the molecule is CCCc1nc2oc3cc(OC)ccc3c(=O)c2c(=O)n1Cc1ccccc1. The van der Waals surface area contributed by atoms with Crippen LogP contribution in [0.5, 0.6) is 5.75 Å². The molecule has 6 heteroatoms. The van der Waals surface area contributed by atoms with E-state index in [-0.39, 0.29) is 22.1 Å². The minimum absolute atomic E-state index is 0.0200. The van der Waals surface area contributed by atoms with Crippen LogP contribution in [0, 0.1) is 0 Å². The Balaban J connectivity index is 2.01. The average molecular weight is 376 g/mol. The minimum atomic E-state index is -0.374. The Morgan fingerprint density at radius 2 is 1.89 bits per heavy atom. The van der Waals surface area contributed by atoms with E-state index in [1.54, 1.807) is 29.9 Å². The minimum Gasteiger partial charge on any atom is -0.497 e. The molecule has 4 rings (SSSR count). The third kappa shape index (κ3) is 3.07. The van der Waals surface area contributed by atoms with Crippen molar-refractivity contribution in [2.24, 2.45) is 0 Å². The number of aryl methyl sites for hydroxylation is 1. The highest BCUT2D eigenvalue weighted by atomic mass is 16.5. The Hall–Kier alpha value is -3.41. The fraction of sp³-hybridized carbons (Fsp3) is 0.227. The van der Waals surface area contributed by atoms with E-state index in [0.29, 0.717) is 35.5 Å². The summed E-state index contributed by atoms with van der Waals surface area (Å²) in [5.74, 6) is 1.18. The number of ether oxygens (including phenoxy) is 1. The van der Waals surface area contributed by atoms with Gasteiger partial charge in [0.15, 0.2) is 5.39 Å². The standard InChI is InChI=1S/C22H20N2O4/c1-3-7-18-23-21-19(22(26)24(18)13-14-8-5-4-6-9-14)20(25)16-11-10-15(27-2)12-17(16)28-21/h4-6,8-12H,3,7,13H2,1-2H3. The van der Waals surface area contributed by atoms with Gasteiger partial charge in [-0.25, -0.2) is 0 Å². The van der Waals surface area contributed by atoms with Crippen molar-refractivity contribution in [2.45, 2.75) is 26.3 Å². The maximum Gasteiger partial charge on any atom is 0.269 e. The molecule has 2 aromatic heterocycles. The van der Waals surface area contributed by atoms with Crippen molar-refractivity contribution < 1.29 is 9.15 Å². The van der Waals surface area contributed by atoms with Crippen LogP contribution >= 0.6 is 0 Å². The molecule has 0 amide bonds. The van der Waals surface area contributed by atoms with Gasteiger partial charge in [0.1, 0.15) is 17.2 Å². The number of nitrogens with zero attached hydrogens (tertiary/aromatic N) is 2. The molecule has 28 heavy (non-hydrogen) atoms. The Labute approximate surface area is 161 Å². The summed E-state index contributed by atoms with van der Waals surface area (Å²) in [6, 6.07) is 14.6. The van der Waals surface area contributed by atoms with Crippen LogP contribution in [0.2, 0.25) is 0 Å². The van der Waals surface area contributed by atoms with Gasteiger partial charge < -0.3 is 9.15 Å². The van der Waals surface area contributed by atoms with E-state index >= 15 is 0 Å². The van der Waals surface area contributed by atoms with Gasteiger partial charge in [-0.2, -0.15) is 4.98 Å². The zero-order chi connectivity index (χ0) is 19.7. The first-order valence-corrected chi connectivity index (χ1v) is 9.20. The van der Waals surface area contributed by atoms with E-state index in [2.05, 4.69) is 4.98 Å². The third-order valence-electron chi connectivity index (χ3n) is 4.74. The van der Waals surface area contributed by atoms with Gasteiger partial charge >= 0.3 is 0 Å². The molecule has 0 spiro atoms. The summed E-state index contributed by atoms with van der Waals surface area (Å²) >= 11 is 0. The second kappa shape index (κ2) is 7.31. The van der Waals surface area contributed by atoms with Gasteiger partial charge in [-0.1, -0.05) is 37.3 Å². The Morgan fingerprint density at radius 1 is 1.11 bits per heavy atom. The highest BCUT2D eigenvalue weighted by Gasteiger charge is 2.18. The number of benzene rings is 2. The molecule has 6 nitrogen and oxygen atoms in total. The van der Waals surface area contributed by atoms with Crippen LogP contribution < -0.4 is 15.7 Å². The Morgan fingerprint density at radius 3 is 2.61 bits per heavy atom. The van der Waals surface area contributed by atoms with Gasteiger partial charge in [0.25, 0.3) is 5.56 Å². The van der Waals surface area contributed by atoms with Crippen molar-refractivity contribution in [1.29, 1.82) is 0 Å². The van der Waals surface area contributed by atoms with Gasteiger partial charge in [-0.3, -0.25) is 14.2 Å². The largest absolute Gasteiger partial charge is 0.497 e. The zero-order valence-electron chi connectivity index (χ0n) is 15.8. The molecule has 142 valence electrons. The summed E-state index contributed by atoms with van der Waals surface area (Å²) in [7, 11) is 1.54. The van der Waals surface area contributed by atoms with Gasteiger partial charge in [-0.05, 0) is 24.1 Å². The van der Waals surface area contributed by atoms with E-state index < -0.39 is 0 Å². The number of hydrogen-bond acceptors (Lipinski definition) is 5. The number of methoxy groups -OCH3 is 1. The second-order valence-corrected chi connectivity index (χ2v) is 6.63. The van der Waals surface area contributed by atoms with Gasteiger partial charge in [0.05, 0.1) is 19.0 Å². The molecule has 0 aliphatic carbocycles. The van der Waals surface area contributed by atoms with Crippen LogP contribution in [0.4, 0.5) is 0 Å². The third-order valence-corrected chi connectivity index (χ3v) is 4.74. The molecule has 0 N–H and O–H groups in total. The molecule has 0 saturated heterocycles. The first kappa shape index (κ1) is 18.0. The number of fused-ring (bicyclic) bond motifs is 2. The number of rotatable bonds is 5. The first-order chi connectivity index (χ1) is 13.6. The quantitative estimate of drug-likeness (QED) is 0.498. The molecule has 2 aromatic carbocycles. The van der Waals surface area contributed by atoms with E-state index in [1.807, 2.05) is 37.3 Å². The fourth-order valence-electron chi connectivity index (χ4n) is 3.33. The van der Waals surface area contributed by atoms with Crippen molar-refractivity contribution in [1.82, 2.24) is 9.55 Å². The lowest BCUT2D eigenvalue weighted by Crippen LogP contribution is -2.29. The molecular formula is C22H20N2O4. The summed E-state index contributed by atoms with van der Waals surface area (Å²) in [5.41, 5.74) is 0.651. The van der Waals surface area contributed by atoms with Crippen LogP contribution in [-0.4, -0.2) is 16.7 Å². The van der Waals surface area contributed by atoms with Crippen molar-refractivity contribution in [3.63, 3.8) is 0 Å². The van der Waals surface area contributed by atoms with Crippen LogP contribution in [0.15, 0.2) is 62.5 Å².